The van der Waals surface area contributed by atoms with Gasteiger partial charge in [0.05, 0.1) is 29.4 Å². The number of hydrogen-bond donors (Lipinski definition) is 1. The van der Waals surface area contributed by atoms with Crippen LogP contribution in [-0.4, -0.2) is 19.7 Å². The molecule has 5 heteroatoms. The number of nitrogens with one attached hydrogen (secondary N) is 1. The summed E-state index contributed by atoms with van der Waals surface area (Å²) < 4.78 is 2.03. The number of imidazole rings is 1. The average Bonchev–Trinajstić information content (AvgIpc) is 3.12. The Labute approximate surface area is 132 Å². The first kappa shape index (κ1) is 13.1. The smallest absolute Gasteiger partial charge is 0.0963 e. The molecule has 0 aliphatic rings. The number of aromatic nitrogens is 4. The first-order valence-corrected chi connectivity index (χ1v) is 7.31. The third-order valence-corrected chi connectivity index (χ3v) is 3.98. The van der Waals surface area contributed by atoms with Gasteiger partial charge in [-0.05, 0) is 24.3 Å². The number of benzene rings is 2. The molecule has 108 valence electrons. The molecular formula is C17H13ClN4. The summed E-state index contributed by atoms with van der Waals surface area (Å²) in [7, 11) is 2.00. The van der Waals surface area contributed by atoms with Crippen LogP contribution in [0.1, 0.15) is 0 Å². The first-order valence-electron chi connectivity index (χ1n) is 6.93. The van der Waals surface area contributed by atoms with Gasteiger partial charge in [-0.25, -0.2) is 4.98 Å². The maximum absolute atomic E-state index is 6.12. The molecule has 2 heterocycles. The summed E-state index contributed by atoms with van der Waals surface area (Å²) in [5, 5.41) is 8.83. The summed E-state index contributed by atoms with van der Waals surface area (Å²) in [6, 6.07) is 14.0. The summed E-state index contributed by atoms with van der Waals surface area (Å²) in [4.78, 5) is 4.55. The zero-order chi connectivity index (χ0) is 15.1. The van der Waals surface area contributed by atoms with Crippen LogP contribution in [-0.2, 0) is 7.05 Å². The molecule has 4 rings (SSSR count). The Balaban J connectivity index is 1.93. The summed E-state index contributed by atoms with van der Waals surface area (Å²) in [6.45, 7) is 0. The maximum Gasteiger partial charge on any atom is 0.0963 e. The second kappa shape index (κ2) is 5.00. The molecule has 4 aromatic rings. The Bertz CT molecular complexity index is 968. The molecule has 0 aliphatic carbocycles. The molecule has 2 aromatic carbocycles. The number of aryl methyl sites for hydroxylation is 1. The van der Waals surface area contributed by atoms with Gasteiger partial charge in [-0.2, -0.15) is 5.10 Å². The number of halogens is 1. The largest absolute Gasteiger partial charge is 0.333 e. The summed E-state index contributed by atoms with van der Waals surface area (Å²) in [5.41, 5.74) is 5.12. The van der Waals surface area contributed by atoms with Crippen molar-refractivity contribution in [1.82, 2.24) is 19.7 Å². The molecule has 22 heavy (non-hydrogen) atoms. The lowest BCUT2D eigenvalue weighted by Gasteiger charge is -2.07. The van der Waals surface area contributed by atoms with Gasteiger partial charge < -0.3 is 4.57 Å². The van der Waals surface area contributed by atoms with Crippen LogP contribution in [0, 0.1) is 0 Å². The van der Waals surface area contributed by atoms with Crippen molar-refractivity contribution in [3.8, 4) is 22.5 Å². The van der Waals surface area contributed by atoms with Gasteiger partial charge in [0.25, 0.3) is 0 Å². The Morgan fingerprint density at radius 2 is 2.00 bits per heavy atom. The molecule has 0 bridgehead atoms. The molecular weight excluding hydrogens is 296 g/mol. The molecule has 1 N–H and O–H groups in total. The highest BCUT2D eigenvalue weighted by atomic mass is 35.5. The van der Waals surface area contributed by atoms with Crippen LogP contribution in [0.4, 0.5) is 0 Å². The summed E-state index contributed by atoms with van der Waals surface area (Å²) >= 11 is 6.12. The molecule has 2 aromatic heterocycles. The Hall–Kier alpha value is -2.59. The van der Waals surface area contributed by atoms with Crippen LogP contribution in [0.25, 0.3) is 33.4 Å². The van der Waals surface area contributed by atoms with E-state index in [1.54, 1.807) is 0 Å². The molecule has 0 unspecified atom stereocenters. The van der Waals surface area contributed by atoms with Crippen molar-refractivity contribution in [2.75, 3.05) is 0 Å². The second-order valence-corrected chi connectivity index (χ2v) is 5.67. The van der Waals surface area contributed by atoms with Crippen LogP contribution in [0.15, 0.2) is 55.0 Å². The number of nitrogens with zero attached hydrogens (tertiary/aromatic N) is 3. The normalized spacial score (nSPS) is 11.2. The van der Waals surface area contributed by atoms with E-state index in [2.05, 4.69) is 27.3 Å². The van der Waals surface area contributed by atoms with Crippen molar-refractivity contribution >= 4 is 22.5 Å². The van der Waals surface area contributed by atoms with Gasteiger partial charge in [0.2, 0.25) is 0 Å². The third kappa shape index (κ3) is 2.09. The molecule has 0 saturated carbocycles. The van der Waals surface area contributed by atoms with E-state index >= 15 is 0 Å². The zero-order valence-electron chi connectivity index (χ0n) is 11.9. The molecule has 0 spiro atoms. The average molecular weight is 309 g/mol. The minimum absolute atomic E-state index is 0.708. The maximum atomic E-state index is 6.12. The highest BCUT2D eigenvalue weighted by Gasteiger charge is 2.14. The number of hydrogen-bond acceptors (Lipinski definition) is 2. The molecule has 0 radical (unpaired) electrons. The predicted molar refractivity (Wildman–Crippen MR) is 88.7 cm³/mol. The highest BCUT2D eigenvalue weighted by Crippen LogP contribution is 2.33. The van der Waals surface area contributed by atoms with Crippen molar-refractivity contribution in [3.63, 3.8) is 0 Å². The fourth-order valence-corrected chi connectivity index (χ4v) is 2.90. The molecule has 0 saturated heterocycles. The fraction of sp³-hybridized carbons (Fsp3) is 0.0588. The number of H-pyrrole nitrogens is 1. The topological polar surface area (TPSA) is 46.5 Å². The minimum Gasteiger partial charge on any atom is -0.333 e. The summed E-state index contributed by atoms with van der Waals surface area (Å²) in [5.74, 6) is 0. The van der Waals surface area contributed by atoms with Crippen molar-refractivity contribution in [2.24, 2.45) is 7.05 Å². The van der Waals surface area contributed by atoms with Gasteiger partial charge in [-0.15, -0.1) is 0 Å². The standard InChI is InChI=1S/C17H13ClN4/c1-22-10-19-16(11-3-2-4-14(18)8-11)17(22)12-5-6-15-13(7-12)9-20-21-15/h2-10H,1H3,(H,20,21). The van der Waals surface area contributed by atoms with E-state index in [1.807, 2.05) is 54.5 Å². The van der Waals surface area contributed by atoms with E-state index in [-0.39, 0.29) is 0 Å². The third-order valence-electron chi connectivity index (χ3n) is 3.75. The van der Waals surface area contributed by atoms with E-state index in [0.29, 0.717) is 5.02 Å². The highest BCUT2D eigenvalue weighted by molar-refractivity contribution is 6.30. The van der Waals surface area contributed by atoms with Gasteiger partial charge in [-0.1, -0.05) is 29.8 Å². The fourth-order valence-electron chi connectivity index (χ4n) is 2.71. The Morgan fingerprint density at radius 3 is 2.86 bits per heavy atom. The van der Waals surface area contributed by atoms with Crippen LogP contribution < -0.4 is 0 Å². The van der Waals surface area contributed by atoms with Crippen molar-refractivity contribution in [2.45, 2.75) is 0 Å². The quantitative estimate of drug-likeness (QED) is 0.600. The Kier molecular flexibility index (Phi) is 2.98. The molecule has 0 fully saturated rings. The van der Waals surface area contributed by atoms with Crippen LogP contribution in [0.3, 0.4) is 0 Å². The zero-order valence-corrected chi connectivity index (χ0v) is 12.7. The predicted octanol–water partition coefficient (Wildman–Crippen LogP) is 4.28. The van der Waals surface area contributed by atoms with Gasteiger partial charge in [0, 0.05) is 28.6 Å². The monoisotopic (exact) mass is 308 g/mol. The molecule has 4 nitrogen and oxygen atoms in total. The van der Waals surface area contributed by atoms with Crippen molar-refractivity contribution < 1.29 is 0 Å². The minimum atomic E-state index is 0.708. The SMILES string of the molecule is Cn1cnc(-c2cccc(Cl)c2)c1-c1ccc2[nH]ncc2c1. The Morgan fingerprint density at radius 1 is 1.09 bits per heavy atom. The lowest BCUT2D eigenvalue weighted by molar-refractivity contribution is 0.922. The number of rotatable bonds is 2. The van der Waals surface area contributed by atoms with Crippen molar-refractivity contribution in [1.29, 1.82) is 0 Å². The van der Waals surface area contributed by atoms with Crippen LogP contribution in [0.2, 0.25) is 5.02 Å². The van der Waals surface area contributed by atoms with Crippen LogP contribution >= 0.6 is 11.6 Å². The van der Waals surface area contributed by atoms with E-state index in [0.717, 1.165) is 33.4 Å². The number of fused-ring (bicyclic) bond motifs is 1. The lowest BCUT2D eigenvalue weighted by Crippen LogP contribution is -1.91. The second-order valence-electron chi connectivity index (χ2n) is 5.24. The van der Waals surface area contributed by atoms with E-state index in [4.69, 9.17) is 11.6 Å². The lowest BCUT2D eigenvalue weighted by atomic mass is 10.0. The first-order chi connectivity index (χ1) is 10.7. The van der Waals surface area contributed by atoms with E-state index in [9.17, 15) is 0 Å². The van der Waals surface area contributed by atoms with Gasteiger partial charge >= 0.3 is 0 Å². The molecule has 0 atom stereocenters. The van der Waals surface area contributed by atoms with Gasteiger partial charge in [-0.3, -0.25) is 5.10 Å². The molecule has 0 aliphatic heterocycles. The van der Waals surface area contributed by atoms with Crippen LogP contribution in [0.5, 0.6) is 0 Å². The van der Waals surface area contributed by atoms with Gasteiger partial charge in [0.15, 0.2) is 0 Å². The van der Waals surface area contributed by atoms with E-state index < -0.39 is 0 Å². The summed E-state index contributed by atoms with van der Waals surface area (Å²) in [6.07, 6.45) is 3.65. The molecule has 0 amide bonds. The van der Waals surface area contributed by atoms with Gasteiger partial charge in [0.1, 0.15) is 0 Å². The van der Waals surface area contributed by atoms with Crippen molar-refractivity contribution in [3.05, 3.63) is 60.0 Å². The number of aromatic amines is 1. The van der Waals surface area contributed by atoms with E-state index in [1.165, 1.54) is 0 Å².